The zero-order chi connectivity index (χ0) is 14.3. The molecule has 0 N–H and O–H groups in total. The van der Waals surface area contributed by atoms with Gasteiger partial charge in [0.15, 0.2) is 0 Å². The molecule has 2 aliphatic rings. The molecule has 116 valence electrons. The standard InChI is InChI=1S/C19H30N2/c1-2-4-6-8-12-18-16-19(21-13-9-10-14-21)15-17(20-18)11-7-5-3-1/h15-16H,1-14H2. The van der Waals surface area contributed by atoms with E-state index in [1.54, 1.807) is 0 Å². The van der Waals surface area contributed by atoms with Crippen molar-refractivity contribution >= 4 is 5.69 Å². The third-order valence-electron chi connectivity index (χ3n) is 5.00. The van der Waals surface area contributed by atoms with Crippen LogP contribution < -0.4 is 4.90 Å². The summed E-state index contributed by atoms with van der Waals surface area (Å²) in [5.41, 5.74) is 4.13. The molecule has 0 radical (unpaired) electrons. The summed E-state index contributed by atoms with van der Waals surface area (Å²) < 4.78 is 0. The molecule has 0 saturated carbocycles. The van der Waals surface area contributed by atoms with Crippen LogP contribution in [0.3, 0.4) is 0 Å². The maximum absolute atomic E-state index is 4.94. The highest BCUT2D eigenvalue weighted by Crippen LogP contribution is 2.24. The summed E-state index contributed by atoms with van der Waals surface area (Å²) in [6.07, 6.45) is 16.1. The highest BCUT2D eigenvalue weighted by molar-refractivity contribution is 5.49. The first-order valence-corrected chi connectivity index (χ1v) is 9.17. The largest absolute Gasteiger partial charge is 0.371 e. The summed E-state index contributed by atoms with van der Waals surface area (Å²) in [4.78, 5) is 7.50. The summed E-state index contributed by atoms with van der Waals surface area (Å²) in [6.45, 7) is 2.48. The van der Waals surface area contributed by atoms with Crippen LogP contribution >= 0.6 is 0 Å². The molecule has 1 aromatic heterocycles. The van der Waals surface area contributed by atoms with Gasteiger partial charge in [0.1, 0.15) is 0 Å². The molecule has 0 aliphatic carbocycles. The first-order valence-electron chi connectivity index (χ1n) is 9.17. The van der Waals surface area contributed by atoms with Gasteiger partial charge >= 0.3 is 0 Å². The Balaban J connectivity index is 1.75. The maximum Gasteiger partial charge on any atom is 0.0427 e. The lowest BCUT2D eigenvalue weighted by molar-refractivity contribution is 0.570. The second-order valence-corrected chi connectivity index (χ2v) is 6.83. The summed E-state index contributed by atoms with van der Waals surface area (Å²) in [7, 11) is 0. The van der Waals surface area contributed by atoms with E-state index < -0.39 is 0 Å². The van der Waals surface area contributed by atoms with Crippen LogP contribution in [0.1, 0.15) is 75.6 Å². The Kier molecular flexibility index (Phi) is 5.53. The van der Waals surface area contributed by atoms with E-state index in [4.69, 9.17) is 4.98 Å². The number of anilines is 1. The molecule has 0 spiro atoms. The van der Waals surface area contributed by atoms with Gasteiger partial charge in [0.05, 0.1) is 0 Å². The van der Waals surface area contributed by atoms with Crippen molar-refractivity contribution in [1.29, 1.82) is 0 Å². The number of aromatic nitrogens is 1. The minimum absolute atomic E-state index is 1.18. The van der Waals surface area contributed by atoms with Crippen LogP contribution in [0.4, 0.5) is 5.69 Å². The number of fused-ring (bicyclic) bond motifs is 2. The van der Waals surface area contributed by atoms with Crippen molar-refractivity contribution in [1.82, 2.24) is 4.98 Å². The highest BCUT2D eigenvalue weighted by Gasteiger charge is 2.14. The second-order valence-electron chi connectivity index (χ2n) is 6.83. The molecule has 3 rings (SSSR count). The Morgan fingerprint density at radius 2 is 1.10 bits per heavy atom. The molecule has 0 aromatic carbocycles. The van der Waals surface area contributed by atoms with Gasteiger partial charge in [0, 0.05) is 30.2 Å². The van der Waals surface area contributed by atoms with Gasteiger partial charge in [-0.25, -0.2) is 0 Å². The molecule has 1 aromatic rings. The molecule has 2 heteroatoms. The first kappa shape index (κ1) is 14.9. The topological polar surface area (TPSA) is 16.1 Å². The Hall–Kier alpha value is -1.05. The van der Waals surface area contributed by atoms with E-state index in [9.17, 15) is 0 Å². The molecule has 3 heterocycles. The summed E-state index contributed by atoms with van der Waals surface area (Å²) in [6, 6.07) is 4.74. The van der Waals surface area contributed by atoms with Crippen molar-refractivity contribution in [2.75, 3.05) is 18.0 Å². The van der Waals surface area contributed by atoms with Crippen molar-refractivity contribution in [3.8, 4) is 0 Å². The van der Waals surface area contributed by atoms with Gasteiger partial charge in [-0.1, -0.05) is 38.5 Å². The Morgan fingerprint density at radius 1 is 0.619 bits per heavy atom. The Labute approximate surface area is 130 Å². The predicted octanol–water partition coefficient (Wildman–Crippen LogP) is 4.90. The van der Waals surface area contributed by atoms with Gasteiger partial charge < -0.3 is 4.90 Å². The minimum Gasteiger partial charge on any atom is -0.371 e. The van der Waals surface area contributed by atoms with Crippen LogP contribution in [-0.4, -0.2) is 18.1 Å². The number of hydrogen-bond donors (Lipinski definition) is 0. The van der Waals surface area contributed by atoms with Crippen molar-refractivity contribution in [3.63, 3.8) is 0 Å². The Bertz CT molecular complexity index is 405. The number of nitrogens with zero attached hydrogens (tertiary/aromatic N) is 2. The van der Waals surface area contributed by atoms with E-state index in [2.05, 4.69) is 17.0 Å². The first-order chi connectivity index (χ1) is 10.4. The van der Waals surface area contributed by atoms with Crippen LogP contribution in [0.5, 0.6) is 0 Å². The van der Waals surface area contributed by atoms with Crippen molar-refractivity contribution in [3.05, 3.63) is 23.5 Å². The van der Waals surface area contributed by atoms with Gasteiger partial charge in [0.25, 0.3) is 0 Å². The van der Waals surface area contributed by atoms with Gasteiger partial charge in [-0.05, 0) is 50.7 Å². The van der Waals surface area contributed by atoms with Crippen LogP contribution in [0.15, 0.2) is 12.1 Å². The van der Waals surface area contributed by atoms with E-state index in [1.807, 2.05) is 0 Å². The van der Waals surface area contributed by atoms with Crippen LogP contribution in [0.2, 0.25) is 0 Å². The van der Waals surface area contributed by atoms with E-state index in [0.717, 1.165) is 0 Å². The number of aryl methyl sites for hydroxylation is 2. The molecular weight excluding hydrogens is 256 g/mol. The average Bonchev–Trinajstić information content (AvgIpc) is 3.03. The monoisotopic (exact) mass is 286 g/mol. The molecule has 2 nitrogen and oxygen atoms in total. The van der Waals surface area contributed by atoms with E-state index in [0.29, 0.717) is 0 Å². The third kappa shape index (κ3) is 4.46. The summed E-state index contributed by atoms with van der Waals surface area (Å²) in [5, 5.41) is 0. The minimum atomic E-state index is 1.18. The van der Waals surface area contributed by atoms with Gasteiger partial charge in [-0.15, -0.1) is 0 Å². The fraction of sp³-hybridized carbons (Fsp3) is 0.737. The lowest BCUT2D eigenvalue weighted by Gasteiger charge is -2.19. The number of pyridine rings is 1. The molecule has 0 amide bonds. The average molecular weight is 286 g/mol. The molecule has 2 aliphatic heterocycles. The van der Waals surface area contributed by atoms with E-state index in [1.165, 1.54) is 107 Å². The lowest BCUT2D eigenvalue weighted by Crippen LogP contribution is -2.18. The predicted molar refractivity (Wildman–Crippen MR) is 90.0 cm³/mol. The lowest BCUT2D eigenvalue weighted by atomic mass is 10.1. The van der Waals surface area contributed by atoms with Crippen molar-refractivity contribution in [2.45, 2.75) is 77.0 Å². The molecule has 0 unspecified atom stereocenters. The number of rotatable bonds is 1. The normalized spacial score (nSPS) is 21.4. The smallest absolute Gasteiger partial charge is 0.0427 e. The summed E-state index contributed by atoms with van der Waals surface area (Å²) >= 11 is 0. The van der Waals surface area contributed by atoms with E-state index >= 15 is 0 Å². The maximum atomic E-state index is 4.94. The zero-order valence-corrected chi connectivity index (χ0v) is 13.4. The van der Waals surface area contributed by atoms with Crippen LogP contribution in [-0.2, 0) is 12.8 Å². The second kappa shape index (κ2) is 7.82. The fourth-order valence-electron chi connectivity index (χ4n) is 3.72. The van der Waals surface area contributed by atoms with Gasteiger partial charge in [-0.3, -0.25) is 4.98 Å². The Morgan fingerprint density at radius 3 is 1.62 bits per heavy atom. The van der Waals surface area contributed by atoms with Crippen molar-refractivity contribution < 1.29 is 0 Å². The molecular formula is C19H30N2. The van der Waals surface area contributed by atoms with Gasteiger partial charge in [-0.2, -0.15) is 0 Å². The van der Waals surface area contributed by atoms with Gasteiger partial charge in [0.2, 0.25) is 0 Å². The molecule has 1 fully saturated rings. The SMILES string of the molecule is c1c(N2CCCC2)cc2nc1CCCCCCCCCC2. The molecule has 1 saturated heterocycles. The molecule has 2 bridgehead atoms. The fourth-order valence-corrected chi connectivity index (χ4v) is 3.72. The molecule has 21 heavy (non-hydrogen) atoms. The quantitative estimate of drug-likeness (QED) is 0.730. The molecule has 0 atom stereocenters. The zero-order valence-electron chi connectivity index (χ0n) is 13.4. The highest BCUT2D eigenvalue weighted by atomic mass is 15.1. The van der Waals surface area contributed by atoms with Crippen molar-refractivity contribution in [2.24, 2.45) is 0 Å². The summed E-state index contributed by atoms with van der Waals surface area (Å²) in [5.74, 6) is 0. The van der Waals surface area contributed by atoms with Crippen LogP contribution in [0.25, 0.3) is 0 Å². The van der Waals surface area contributed by atoms with Crippen LogP contribution in [0, 0.1) is 0 Å². The van der Waals surface area contributed by atoms with E-state index in [-0.39, 0.29) is 0 Å². The third-order valence-corrected chi connectivity index (χ3v) is 5.00. The number of hydrogen-bond acceptors (Lipinski definition) is 2.